The Labute approximate surface area is 134 Å². The Morgan fingerprint density at radius 3 is 2.45 bits per heavy atom. The summed E-state index contributed by atoms with van der Waals surface area (Å²) in [4.78, 5) is 17.0. The Morgan fingerprint density at radius 2 is 1.77 bits per heavy atom. The minimum Gasteiger partial charge on any atom is -0.325 e. The highest BCUT2D eigenvalue weighted by molar-refractivity contribution is 5.93. The normalized spacial score (nSPS) is 16.6. The van der Waals surface area contributed by atoms with Gasteiger partial charge in [-0.25, -0.2) is 0 Å². The lowest BCUT2D eigenvalue weighted by Crippen LogP contribution is -2.48. The van der Waals surface area contributed by atoms with Crippen LogP contribution in [0.4, 0.5) is 5.69 Å². The van der Waals surface area contributed by atoms with Crippen LogP contribution < -0.4 is 5.32 Å². The number of unbranched alkanes of at least 4 members (excludes halogenated alkanes) is 1. The number of amides is 1. The summed E-state index contributed by atoms with van der Waals surface area (Å²) in [7, 11) is 0. The van der Waals surface area contributed by atoms with E-state index >= 15 is 0 Å². The number of anilines is 1. The number of benzene rings is 1. The van der Waals surface area contributed by atoms with Crippen molar-refractivity contribution in [1.82, 2.24) is 9.80 Å². The van der Waals surface area contributed by atoms with Crippen LogP contribution in [0, 0.1) is 0 Å². The van der Waals surface area contributed by atoms with Crippen LogP contribution in [0.3, 0.4) is 0 Å². The molecule has 0 atom stereocenters. The SMILES string of the molecule is CCCCN1CCN(CC(=O)Nc2ccccc2CC)CC1. The molecular formula is C18H29N3O. The number of carbonyl (C=O) groups is 1. The van der Waals surface area contributed by atoms with Crippen molar-refractivity contribution in [2.45, 2.75) is 33.1 Å². The van der Waals surface area contributed by atoms with E-state index in [0.717, 1.165) is 38.3 Å². The predicted molar refractivity (Wildman–Crippen MR) is 92.2 cm³/mol. The van der Waals surface area contributed by atoms with Crippen LogP contribution in [-0.2, 0) is 11.2 Å². The topological polar surface area (TPSA) is 35.6 Å². The van der Waals surface area contributed by atoms with Gasteiger partial charge in [0.1, 0.15) is 0 Å². The Kier molecular flexibility index (Phi) is 6.87. The summed E-state index contributed by atoms with van der Waals surface area (Å²) in [5.74, 6) is 0.0999. The maximum Gasteiger partial charge on any atom is 0.238 e. The van der Waals surface area contributed by atoms with E-state index < -0.39 is 0 Å². The van der Waals surface area contributed by atoms with Crippen LogP contribution in [0.15, 0.2) is 24.3 Å². The maximum atomic E-state index is 12.2. The van der Waals surface area contributed by atoms with Crippen LogP contribution in [0.25, 0.3) is 0 Å². The van der Waals surface area contributed by atoms with Crippen molar-refractivity contribution in [3.05, 3.63) is 29.8 Å². The average Bonchev–Trinajstić information content (AvgIpc) is 2.54. The van der Waals surface area contributed by atoms with E-state index in [4.69, 9.17) is 0 Å². The number of carbonyl (C=O) groups excluding carboxylic acids is 1. The standard InChI is InChI=1S/C18H29N3O/c1-3-5-10-20-11-13-21(14-12-20)15-18(22)19-17-9-7-6-8-16(17)4-2/h6-9H,3-5,10-15H2,1-2H3,(H,19,22). The first-order valence-electron chi connectivity index (χ1n) is 8.55. The van der Waals surface area contributed by atoms with Crippen molar-refractivity contribution >= 4 is 11.6 Å². The molecule has 0 radical (unpaired) electrons. The lowest BCUT2D eigenvalue weighted by atomic mass is 10.1. The molecule has 4 nitrogen and oxygen atoms in total. The highest BCUT2D eigenvalue weighted by Crippen LogP contribution is 2.15. The highest BCUT2D eigenvalue weighted by atomic mass is 16.2. The lowest BCUT2D eigenvalue weighted by molar-refractivity contribution is -0.117. The predicted octanol–water partition coefficient (Wildman–Crippen LogP) is 2.61. The molecule has 1 heterocycles. The molecule has 1 aliphatic heterocycles. The first kappa shape index (κ1) is 17.0. The number of nitrogens with zero attached hydrogens (tertiary/aromatic N) is 2. The quantitative estimate of drug-likeness (QED) is 0.841. The molecule has 0 spiro atoms. The molecule has 0 aliphatic carbocycles. The molecule has 0 aromatic heterocycles. The first-order chi connectivity index (χ1) is 10.7. The molecule has 1 aromatic rings. The number of rotatable bonds is 7. The molecule has 1 aromatic carbocycles. The number of piperazine rings is 1. The van der Waals surface area contributed by atoms with Gasteiger partial charge >= 0.3 is 0 Å². The van der Waals surface area contributed by atoms with Crippen molar-refractivity contribution in [3.63, 3.8) is 0 Å². The third-order valence-corrected chi connectivity index (χ3v) is 4.33. The summed E-state index contributed by atoms with van der Waals surface area (Å²) in [6, 6.07) is 8.05. The van der Waals surface area contributed by atoms with Gasteiger partial charge in [0.05, 0.1) is 6.54 Å². The summed E-state index contributed by atoms with van der Waals surface area (Å²) in [5.41, 5.74) is 2.15. The van der Waals surface area contributed by atoms with E-state index in [1.54, 1.807) is 0 Å². The van der Waals surface area contributed by atoms with Crippen LogP contribution in [0.5, 0.6) is 0 Å². The van der Waals surface area contributed by atoms with Crippen LogP contribution in [-0.4, -0.2) is 55.0 Å². The second kappa shape index (κ2) is 8.91. The van der Waals surface area contributed by atoms with Gasteiger partial charge in [-0.1, -0.05) is 38.5 Å². The van der Waals surface area contributed by atoms with Crippen molar-refractivity contribution < 1.29 is 4.79 Å². The number of aryl methyl sites for hydroxylation is 1. The molecule has 4 heteroatoms. The zero-order valence-corrected chi connectivity index (χ0v) is 14.0. The number of para-hydroxylation sites is 1. The zero-order valence-electron chi connectivity index (χ0n) is 14.0. The fourth-order valence-electron chi connectivity index (χ4n) is 2.90. The summed E-state index contributed by atoms with van der Waals surface area (Å²) in [5, 5.41) is 3.06. The Bertz CT molecular complexity index is 467. The number of hydrogen-bond donors (Lipinski definition) is 1. The van der Waals surface area contributed by atoms with Gasteiger partial charge in [-0.2, -0.15) is 0 Å². The minimum atomic E-state index is 0.0999. The molecule has 22 heavy (non-hydrogen) atoms. The van der Waals surface area contributed by atoms with E-state index in [-0.39, 0.29) is 5.91 Å². The minimum absolute atomic E-state index is 0.0999. The van der Waals surface area contributed by atoms with Gasteiger partial charge in [-0.3, -0.25) is 9.69 Å². The molecule has 1 aliphatic rings. The van der Waals surface area contributed by atoms with Gasteiger partial charge in [-0.05, 0) is 31.0 Å². The van der Waals surface area contributed by atoms with Gasteiger partial charge in [0.2, 0.25) is 5.91 Å². The first-order valence-corrected chi connectivity index (χ1v) is 8.55. The summed E-state index contributed by atoms with van der Waals surface area (Å²) < 4.78 is 0. The third-order valence-electron chi connectivity index (χ3n) is 4.33. The van der Waals surface area contributed by atoms with E-state index in [2.05, 4.69) is 35.0 Å². The van der Waals surface area contributed by atoms with Gasteiger partial charge in [-0.15, -0.1) is 0 Å². The van der Waals surface area contributed by atoms with Crippen molar-refractivity contribution in [2.75, 3.05) is 44.6 Å². The van der Waals surface area contributed by atoms with Crippen LogP contribution >= 0.6 is 0 Å². The summed E-state index contributed by atoms with van der Waals surface area (Å²) in [6.07, 6.45) is 3.46. The summed E-state index contributed by atoms with van der Waals surface area (Å²) in [6.45, 7) is 10.2. The Balaban J connectivity index is 1.76. The van der Waals surface area contributed by atoms with Gasteiger partial charge in [0, 0.05) is 31.9 Å². The third kappa shape index (κ3) is 5.11. The summed E-state index contributed by atoms with van der Waals surface area (Å²) >= 11 is 0. The Morgan fingerprint density at radius 1 is 1.09 bits per heavy atom. The molecule has 122 valence electrons. The van der Waals surface area contributed by atoms with E-state index in [9.17, 15) is 4.79 Å². The number of hydrogen-bond acceptors (Lipinski definition) is 3. The fraction of sp³-hybridized carbons (Fsp3) is 0.611. The monoisotopic (exact) mass is 303 g/mol. The second-order valence-corrected chi connectivity index (χ2v) is 6.03. The molecular weight excluding hydrogens is 274 g/mol. The van der Waals surface area contributed by atoms with Gasteiger partial charge in [0.15, 0.2) is 0 Å². The largest absolute Gasteiger partial charge is 0.325 e. The molecule has 1 N–H and O–H groups in total. The van der Waals surface area contributed by atoms with E-state index in [1.165, 1.54) is 24.9 Å². The molecule has 2 rings (SSSR count). The van der Waals surface area contributed by atoms with Crippen molar-refractivity contribution in [1.29, 1.82) is 0 Å². The van der Waals surface area contributed by atoms with Gasteiger partial charge < -0.3 is 10.2 Å². The molecule has 1 fully saturated rings. The van der Waals surface area contributed by atoms with Crippen molar-refractivity contribution in [3.8, 4) is 0 Å². The second-order valence-electron chi connectivity index (χ2n) is 6.03. The lowest BCUT2D eigenvalue weighted by Gasteiger charge is -2.34. The maximum absolute atomic E-state index is 12.2. The Hall–Kier alpha value is -1.39. The highest BCUT2D eigenvalue weighted by Gasteiger charge is 2.18. The molecule has 0 saturated carbocycles. The van der Waals surface area contributed by atoms with Crippen molar-refractivity contribution in [2.24, 2.45) is 0 Å². The molecule has 0 unspecified atom stereocenters. The number of nitrogens with one attached hydrogen (secondary N) is 1. The van der Waals surface area contributed by atoms with Crippen LogP contribution in [0.1, 0.15) is 32.3 Å². The fourth-order valence-corrected chi connectivity index (χ4v) is 2.90. The van der Waals surface area contributed by atoms with Gasteiger partial charge in [0.25, 0.3) is 0 Å². The smallest absolute Gasteiger partial charge is 0.238 e. The molecule has 0 bridgehead atoms. The zero-order chi connectivity index (χ0) is 15.8. The van der Waals surface area contributed by atoms with E-state index in [1.807, 2.05) is 18.2 Å². The molecule has 1 amide bonds. The average molecular weight is 303 g/mol. The van der Waals surface area contributed by atoms with E-state index in [0.29, 0.717) is 6.54 Å². The van der Waals surface area contributed by atoms with Crippen LogP contribution in [0.2, 0.25) is 0 Å². The molecule has 1 saturated heterocycles.